The lowest BCUT2D eigenvalue weighted by molar-refractivity contribution is -0.121. The molecule has 0 aliphatic heterocycles. The number of nitrogens with one attached hydrogen (secondary N) is 2. The Morgan fingerprint density at radius 1 is 1.52 bits per heavy atom. The van der Waals surface area contributed by atoms with E-state index in [0.29, 0.717) is 5.69 Å². The molecule has 9 heteroatoms. The first-order valence-corrected chi connectivity index (χ1v) is 9.47. The molecule has 2 rings (SSSR count). The van der Waals surface area contributed by atoms with Crippen molar-refractivity contribution in [2.75, 3.05) is 17.6 Å². The van der Waals surface area contributed by atoms with Gasteiger partial charge in [-0.3, -0.25) is 9.52 Å². The van der Waals surface area contributed by atoms with E-state index >= 15 is 0 Å². The van der Waals surface area contributed by atoms with E-state index in [1.54, 1.807) is 5.38 Å². The van der Waals surface area contributed by atoms with Crippen molar-refractivity contribution in [1.82, 2.24) is 10.3 Å². The van der Waals surface area contributed by atoms with Gasteiger partial charge in [-0.15, -0.1) is 11.3 Å². The van der Waals surface area contributed by atoms with Gasteiger partial charge >= 0.3 is 0 Å². The molecule has 1 aliphatic carbocycles. The predicted molar refractivity (Wildman–Crippen MR) is 80.6 cm³/mol. The van der Waals surface area contributed by atoms with Crippen LogP contribution in [0.1, 0.15) is 25.0 Å². The maximum Gasteiger partial charge on any atom is 0.231 e. The van der Waals surface area contributed by atoms with Gasteiger partial charge in [-0.05, 0) is 12.8 Å². The Labute approximate surface area is 127 Å². The van der Waals surface area contributed by atoms with Crippen molar-refractivity contribution in [2.24, 2.45) is 5.92 Å². The van der Waals surface area contributed by atoms with Gasteiger partial charge in [0.25, 0.3) is 0 Å². The van der Waals surface area contributed by atoms with Gasteiger partial charge in [0.05, 0.1) is 18.4 Å². The Kier molecular flexibility index (Phi) is 5.17. The van der Waals surface area contributed by atoms with Gasteiger partial charge in [0.15, 0.2) is 5.13 Å². The van der Waals surface area contributed by atoms with Crippen molar-refractivity contribution in [3.63, 3.8) is 0 Å². The molecule has 2 atom stereocenters. The van der Waals surface area contributed by atoms with Crippen molar-refractivity contribution in [3.8, 4) is 0 Å². The van der Waals surface area contributed by atoms with Crippen LogP contribution < -0.4 is 10.0 Å². The van der Waals surface area contributed by atoms with Gasteiger partial charge in [-0.1, -0.05) is 6.42 Å². The third-order valence-electron chi connectivity index (χ3n) is 3.41. The van der Waals surface area contributed by atoms with Crippen molar-refractivity contribution < 1.29 is 18.3 Å². The summed E-state index contributed by atoms with van der Waals surface area (Å²) in [6.45, 7) is 0.0874. The zero-order valence-electron chi connectivity index (χ0n) is 11.7. The molecule has 2 unspecified atom stereocenters. The Morgan fingerprint density at radius 3 is 2.95 bits per heavy atom. The lowest BCUT2D eigenvalue weighted by Crippen LogP contribution is -2.39. The normalized spacial score (nSPS) is 22.2. The molecule has 1 heterocycles. The fraction of sp³-hybridized carbons (Fsp3) is 0.667. The SMILES string of the molecule is CS(=O)(=O)Nc1nc(CC(=O)NC2CCCC2CO)cs1. The second kappa shape index (κ2) is 6.71. The van der Waals surface area contributed by atoms with E-state index in [9.17, 15) is 18.3 Å². The number of hydrogen-bond donors (Lipinski definition) is 3. The van der Waals surface area contributed by atoms with Gasteiger partial charge < -0.3 is 10.4 Å². The van der Waals surface area contributed by atoms with Gasteiger partial charge in [0.2, 0.25) is 15.9 Å². The molecule has 0 aromatic carbocycles. The highest BCUT2D eigenvalue weighted by Gasteiger charge is 2.27. The fourth-order valence-electron chi connectivity index (χ4n) is 2.46. The van der Waals surface area contributed by atoms with Gasteiger partial charge in [0, 0.05) is 23.9 Å². The molecule has 3 N–H and O–H groups in total. The number of aromatic nitrogens is 1. The van der Waals surface area contributed by atoms with Crippen molar-refractivity contribution in [1.29, 1.82) is 0 Å². The Morgan fingerprint density at radius 2 is 2.29 bits per heavy atom. The summed E-state index contributed by atoms with van der Waals surface area (Å²) in [5, 5.41) is 14.1. The highest BCUT2D eigenvalue weighted by molar-refractivity contribution is 7.92. The molecule has 0 spiro atoms. The number of rotatable bonds is 6. The second-order valence-electron chi connectivity index (χ2n) is 5.24. The van der Waals surface area contributed by atoms with Crippen LogP contribution in [0.25, 0.3) is 0 Å². The average Bonchev–Trinajstić information content (AvgIpc) is 2.96. The zero-order valence-corrected chi connectivity index (χ0v) is 13.3. The van der Waals surface area contributed by atoms with Crippen molar-refractivity contribution in [2.45, 2.75) is 31.7 Å². The lowest BCUT2D eigenvalue weighted by atomic mass is 10.1. The molecule has 1 amide bonds. The summed E-state index contributed by atoms with van der Waals surface area (Å²) in [6.07, 6.45) is 3.98. The number of anilines is 1. The quantitative estimate of drug-likeness (QED) is 0.695. The summed E-state index contributed by atoms with van der Waals surface area (Å²) in [7, 11) is -3.35. The summed E-state index contributed by atoms with van der Waals surface area (Å²) >= 11 is 1.14. The van der Waals surface area contributed by atoms with Gasteiger partial charge in [0.1, 0.15) is 0 Å². The molecule has 1 aromatic rings. The number of aliphatic hydroxyl groups is 1. The number of carbonyl (C=O) groups is 1. The molecule has 7 nitrogen and oxygen atoms in total. The van der Waals surface area contributed by atoms with E-state index in [0.717, 1.165) is 36.9 Å². The van der Waals surface area contributed by atoms with Gasteiger partial charge in [-0.25, -0.2) is 13.4 Å². The first kappa shape index (κ1) is 16.2. The monoisotopic (exact) mass is 333 g/mol. The highest BCUT2D eigenvalue weighted by atomic mass is 32.2. The highest BCUT2D eigenvalue weighted by Crippen LogP contribution is 2.25. The van der Waals surface area contributed by atoms with Crippen LogP contribution in [0, 0.1) is 5.92 Å². The average molecular weight is 333 g/mol. The van der Waals surface area contributed by atoms with Crippen LogP contribution in [0.5, 0.6) is 0 Å². The molecular formula is C12H19N3O4S2. The van der Waals surface area contributed by atoms with E-state index in [-0.39, 0.29) is 36.0 Å². The van der Waals surface area contributed by atoms with E-state index < -0.39 is 10.0 Å². The topological polar surface area (TPSA) is 108 Å². The molecule has 0 bridgehead atoms. The third-order valence-corrected chi connectivity index (χ3v) is 4.91. The maximum atomic E-state index is 12.0. The van der Waals surface area contributed by atoms with Crippen molar-refractivity contribution in [3.05, 3.63) is 11.1 Å². The van der Waals surface area contributed by atoms with Crippen molar-refractivity contribution >= 4 is 32.4 Å². The predicted octanol–water partition coefficient (Wildman–Crippen LogP) is 0.334. The maximum absolute atomic E-state index is 12.0. The third kappa shape index (κ3) is 4.94. The number of sulfonamides is 1. The zero-order chi connectivity index (χ0) is 15.5. The molecule has 1 saturated carbocycles. The molecule has 1 fully saturated rings. The molecule has 1 aliphatic rings. The van der Waals surface area contributed by atoms with Gasteiger partial charge in [-0.2, -0.15) is 0 Å². The lowest BCUT2D eigenvalue weighted by Gasteiger charge is -2.18. The van der Waals surface area contributed by atoms with E-state index in [1.165, 1.54) is 0 Å². The van der Waals surface area contributed by atoms with Crippen LogP contribution in [0.4, 0.5) is 5.13 Å². The number of amides is 1. The largest absolute Gasteiger partial charge is 0.396 e. The summed E-state index contributed by atoms with van der Waals surface area (Å²) in [4.78, 5) is 16.0. The molecule has 21 heavy (non-hydrogen) atoms. The molecule has 118 valence electrons. The van der Waals surface area contributed by atoms with Crippen LogP contribution in [-0.4, -0.2) is 43.3 Å². The Bertz CT molecular complexity index is 599. The van der Waals surface area contributed by atoms with E-state index in [4.69, 9.17) is 0 Å². The molecular weight excluding hydrogens is 314 g/mol. The minimum Gasteiger partial charge on any atom is -0.396 e. The smallest absolute Gasteiger partial charge is 0.231 e. The number of nitrogens with zero attached hydrogens (tertiary/aromatic N) is 1. The summed E-state index contributed by atoms with van der Waals surface area (Å²) < 4.78 is 24.4. The molecule has 0 saturated heterocycles. The summed E-state index contributed by atoms with van der Waals surface area (Å²) in [6, 6.07) is 0.0229. The minimum absolute atomic E-state index is 0.0229. The minimum atomic E-state index is -3.35. The summed E-state index contributed by atoms with van der Waals surface area (Å²) in [5.41, 5.74) is 0.530. The van der Waals surface area contributed by atoms with E-state index in [2.05, 4.69) is 15.0 Å². The number of aliphatic hydroxyl groups excluding tert-OH is 1. The number of hydrogen-bond acceptors (Lipinski definition) is 6. The van der Waals surface area contributed by atoms with Crippen LogP contribution in [0.3, 0.4) is 0 Å². The first-order chi connectivity index (χ1) is 9.87. The van der Waals surface area contributed by atoms with Crippen LogP contribution in [0.2, 0.25) is 0 Å². The Balaban J connectivity index is 1.88. The number of carbonyl (C=O) groups excluding carboxylic acids is 1. The van der Waals surface area contributed by atoms with Crippen LogP contribution in [-0.2, 0) is 21.2 Å². The molecule has 1 aromatic heterocycles. The van der Waals surface area contributed by atoms with Crippen LogP contribution >= 0.6 is 11.3 Å². The number of thiazole rings is 1. The summed E-state index contributed by atoms with van der Waals surface area (Å²) in [5.74, 6) is -0.0246. The first-order valence-electron chi connectivity index (χ1n) is 6.70. The van der Waals surface area contributed by atoms with Crippen LogP contribution in [0.15, 0.2) is 5.38 Å². The second-order valence-corrected chi connectivity index (χ2v) is 7.85. The fourth-order valence-corrected chi connectivity index (χ4v) is 4.02. The Hall–Kier alpha value is -1.19. The van der Waals surface area contributed by atoms with E-state index in [1.807, 2.05) is 0 Å². The standard InChI is InChI=1S/C12H19N3O4S2/c1-21(18,19)15-12-13-9(7-20-12)5-11(17)14-10-4-2-3-8(10)6-16/h7-8,10,16H,2-6H2,1H3,(H,13,15)(H,14,17). The molecule has 0 radical (unpaired) electrons.